The van der Waals surface area contributed by atoms with Gasteiger partial charge in [0.25, 0.3) is 0 Å². The first-order valence-corrected chi connectivity index (χ1v) is 8.52. The van der Waals surface area contributed by atoms with Gasteiger partial charge in [0.1, 0.15) is 0 Å². The molecule has 0 spiro atoms. The van der Waals surface area contributed by atoms with Gasteiger partial charge in [0.05, 0.1) is 0 Å². The Bertz CT molecular complexity index is 577. The second kappa shape index (κ2) is 6.07. The number of thiophene rings is 1. The molecule has 1 aliphatic rings. The van der Waals surface area contributed by atoms with E-state index in [1.54, 1.807) is 0 Å². The number of rotatable bonds is 3. The maximum Gasteiger partial charge on any atom is 0.0453 e. The van der Waals surface area contributed by atoms with Gasteiger partial charge < -0.3 is 5.73 Å². The quantitative estimate of drug-likeness (QED) is 0.827. The van der Waals surface area contributed by atoms with Gasteiger partial charge >= 0.3 is 0 Å². The van der Waals surface area contributed by atoms with Crippen molar-refractivity contribution in [2.75, 3.05) is 0 Å². The van der Waals surface area contributed by atoms with Gasteiger partial charge in [0.2, 0.25) is 0 Å². The van der Waals surface area contributed by atoms with Crippen LogP contribution in [0, 0.1) is 0 Å². The first-order chi connectivity index (χ1) is 9.65. The lowest BCUT2D eigenvalue weighted by molar-refractivity contribution is 0.695. The van der Waals surface area contributed by atoms with Gasteiger partial charge in [0, 0.05) is 25.8 Å². The summed E-state index contributed by atoms with van der Waals surface area (Å²) >= 11 is 14.3. The molecule has 0 fully saturated rings. The van der Waals surface area contributed by atoms with E-state index in [4.69, 9.17) is 28.9 Å². The molecule has 0 saturated heterocycles. The second-order valence-corrected chi connectivity index (χ2v) is 7.30. The molecule has 2 aromatic rings. The van der Waals surface area contributed by atoms with Crippen molar-refractivity contribution < 1.29 is 0 Å². The van der Waals surface area contributed by atoms with E-state index in [1.165, 1.54) is 41.0 Å². The fourth-order valence-electron chi connectivity index (χ4n) is 2.74. The van der Waals surface area contributed by atoms with Crippen molar-refractivity contribution in [1.82, 2.24) is 0 Å². The Morgan fingerprint density at radius 3 is 2.55 bits per heavy atom. The summed E-state index contributed by atoms with van der Waals surface area (Å²) in [7, 11) is 0. The Hall–Kier alpha value is -0.540. The predicted octanol–water partition coefficient (Wildman–Crippen LogP) is 5.18. The van der Waals surface area contributed by atoms with Crippen LogP contribution in [-0.2, 0) is 19.3 Å². The molecule has 0 bridgehead atoms. The summed E-state index contributed by atoms with van der Waals surface area (Å²) in [6, 6.07) is 7.87. The van der Waals surface area contributed by atoms with Crippen LogP contribution in [0.5, 0.6) is 0 Å². The van der Waals surface area contributed by atoms with Crippen molar-refractivity contribution >= 4 is 34.5 Å². The summed E-state index contributed by atoms with van der Waals surface area (Å²) < 4.78 is 0. The van der Waals surface area contributed by atoms with Gasteiger partial charge in [0.15, 0.2) is 0 Å². The minimum Gasteiger partial charge on any atom is -0.323 e. The molecular weight excluding hydrogens is 309 g/mol. The molecule has 2 N–H and O–H groups in total. The molecule has 1 aromatic heterocycles. The van der Waals surface area contributed by atoms with Gasteiger partial charge in [-0.1, -0.05) is 29.3 Å². The standard InChI is InChI=1S/C16H17Cl2NS/c17-12-5-3-6-13(18)11(12)9-14(19)16-8-10-4-1-2-7-15(10)20-16/h3,5-6,8,14H,1-2,4,7,9,19H2. The number of halogens is 2. The predicted molar refractivity (Wildman–Crippen MR) is 88.1 cm³/mol. The molecule has 1 atom stereocenters. The number of fused-ring (bicyclic) bond motifs is 1. The molecule has 3 rings (SSSR count). The zero-order chi connectivity index (χ0) is 14.1. The molecule has 1 unspecified atom stereocenters. The lowest BCUT2D eigenvalue weighted by Crippen LogP contribution is -2.12. The van der Waals surface area contributed by atoms with Gasteiger partial charge in [-0.05, 0) is 61.4 Å². The van der Waals surface area contributed by atoms with Gasteiger partial charge in [-0.3, -0.25) is 0 Å². The fraction of sp³-hybridized carbons (Fsp3) is 0.375. The highest BCUT2D eigenvalue weighted by Crippen LogP contribution is 2.35. The maximum atomic E-state index is 6.37. The van der Waals surface area contributed by atoms with E-state index in [9.17, 15) is 0 Å². The highest BCUT2D eigenvalue weighted by Gasteiger charge is 2.18. The molecule has 1 nitrogen and oxygen atoms in total. The third-order valence-corrected chi connectivity index (χ3v) is 5.94. The molecule has 0 amide bonds. The first kappa shape index (κ1) is 14.4. The first-order valence-electron chi connectivity index (χ1n) is 6.95. The third kappa shape index (κ3) is 2.89. The van der Waals surface area contributed by atoms with E-state index >= 15 is 0 Å². The summed E-state index contributed by atoms with van der Waals surface area (Å²) in [5, 5.41) is 1.41. The topological polar surface area (TPSA) is 26.0 Å². The van der Waals surface area contributed by atoms with Crippen molar-refractivity contribution in [3.63, 3.8) is 0 Å². The van der Waals surface area contributed by atoms with Crippen molar-refractivity contribution in [2.24, 2.45) is 5.73 Å². The van der Waals surface area contributed by atoms with Crippen molar-refractivity contribution in [2.45, 2.75) is 38.1 Å². The summed E-state index contributed by atoms with van der Waals surface area (Å²) in [5.74, 6) is 0. The van der Waals surface area contributed by atoms with E-state index < -0.39 is 0 Å². The van der Waals surface area contributed by atoms with E-state index in [-0.39, 0.29) is 6.04 Å². The zero-order valence-corrected chi connectivity index (χ0v) is 13.5. The molecule has 1 heterocycles. The number of hydrogen-bond acceptors (Lipinski definition) is 2. The van der Waals surface area contributed by atoms with Crippen LogP contribution in [0.15, 0.2) is 24.3 Å². The van der Waals surface area contributed by atoms with E-state index in [1.807, 2.05) is 29.5 Å². The Balaban J connectivity index is 1.82. The molecule has 20 heavy (non-hydrogen) atoms. The molecule has 1 aliphatic carbocycles. The molecule has 106 valence electrons. The van der Waals surface area contributed by atoms with Crippen LogP contribution in [0.4, 0.5) is 0 Å². The lowest BCUT2D eigenvalue weighted by Gasteiger charge is -2.12. The summed E-state index contributed by atoms with van der Waals surface area (Å²) in [5.41, 5.74) is 8.82. The zero-order valence-electron chi connectivity index (χ0n) is 11.2. The molecule has 0 radical (unpaired) electrons. The molecule has 1 aromatic carbocycles. The number of aryl methyl sites for hydroxylation is 2. The van der Waals surface area contributed by atoms with Gasteiger partial charge in [-0.2, -0.15) is 0 Å². The SMILES string of the molecule is NC(Cc1c(Cl)cccc1Cl)c1cc2c(s1)CCCC2. The largest absolute Gasteiger partial charge is 0.323 e. The highest BCUT2D eigenvalue weighted by molar-refractivity contribution is 7.12. The second-order valence-electron chi connectivity index (χ2n) is 5.32. The number of hydrogen-bond donors (Lipinski definition) is 1. The number of nitrogens with two attached hydrogens (primary N) is 1. The van der Waals surface area contributed by atoms with Crippen LogP contribution in [0.2, 0.25) is 10.0 Å². The van der Waals surface area contributed by atoms with Crippen LogP contribution < -0.4 is 5.73 Å². The molecule has 0 aliphatic heterocycles. The highest BCUT2D eigenvalue weighted by atomic mass is 35.5. The van der Waals surface area contributed by atoms with E-state index in [0.29, 0.717) is 16.5 Å². The normalized spacial score (nSPS) is 15.9. The molecular formula is C16H17Cl2NS. The van der Waals surface area contributed by atoms with Crippen LogP contribution in [0.25, 0.3) is 0 Å². The van der Waals surface area contributed by atoms with Crippen LogP contribution >= 0.6 is 34.5 Å². The van der Waals surface area contributed by atoms with Crippen LogP contribution in [0.3, 0.4) is 0 Å². The Kier molecular flexibility index (Phi) is 4.37. The van der Waals surface area contributed by atoms with E-state index in [0.717, 1.165) is 5.56 Å². The van der Waals surface area contributed by atoms with Crippen molar-refractivity contribution in [3.05, 3.63) is 55.2 Å². The summed E-state index contributed by atoms with van der Waals surface area (Å²) in [4.78, 5) is 2.78. The van der Waals surface area contributed by atoms with Crippen molar-refractivity contribution in [1.29, 1.82) is 0 Å². The molecule has 0 saturated carbocycles. The Labute approximate surface area is 133 Å². The number of benzene rings is 1. The van der Waals surface area contributed by atoms with E-state index in [2.05, 4.69) is 6.07 Å². The maximum absolute atomic E-state index is 6.37. The van der Waals surface area contributed by atoms with Crippen molar-refractivity contribution in [3.8, 4) is 0 Å². The average Bonchev–Trinajstić information content (AvgIpc) is 2.87. The van der Waals surface area contributed by atoms with Gasteiger partial charge in [-0.25, -0.2) is 0 Å². The van der Waals surface area contributed by atoms with Gasteiger partial charge in [-0.15, -0.1) is 11.3 Å². The summed E-state index contributed by atoms with van der Waals surface area (Å²) in [6.45, 7) is 0. The average molecular weight is 326 g/mol. The smallest absolute Gasteiger partial charge is 0.0453 e. The summed E-state index contributed by atoms with van der Waals surface area (Å²) in [6.07, 6.45) is 5.70. The third-order valence-electron chi connectivity index (χ3n) is 3.87. The molecule has 4 heteroatoms. The monoisotopic (exact) mass is 325 g/mol. The van der Waals surface area contributed by atoms with Crippen LogP contribution in [-0.4, -0.2) is 0 Å². The Morgan fingerprint density at radius 1 is 1.15 bits per heavy atom. The minimum atomic E-state index is -0.0250. The Morgan fingerprint density at radius 2 is 1.85 bits per heavy atom. The van der Waals surface area contributed by atoms with Crippen LogP contribution in [0.1, 0.15) is 39.8 Å². The minimum absolute atomic E-state index is 0.0250. The fourth-order valence-corrected chi connectivity index (χ4v) is 4.55. The lowest BCUT2D eigenvalue weighted by atomic mass is 9.98.